The largest absolute Gasteiger partial charge is 0.353 e. The van der Waals surface area contributed by atoms with Crippen LogP contribution >= 0.6 is 23.4 Å². The molecule has 1 N–H and O–H groups in total. The second-order valence-electron chi connectivity index (χ2n) is 6.40. The number of nitrogens with zero attached hydrogens (tertiary/aromatic N) is 4. The lowest BCUT2D eigenvalue weighted by Gasteiger charge is -2.12. The van der Waals surface area contributed by atoms with Crippen LogP contribution in [0.25, 0.3) is 16.7 Å². The number of thioether (sulfide) groups is 1. The van der Waals surface area contributed by atoms with Crippen LogP contribution in [-0.2, 0) is 11.3 Å². The molecule has 1 aromatic carbocycles. The van der Waals surface area contributed by atoms with Gasteiger partial charge in [-0.05, 0) is 38.0 Å². The summed E-state index contributed by atoms with van der Waals surface area (Å²) in [6.07, 6.45) is 1.66. The summed E-state index contributed by atoms with van der Waals surface area (Å²) in [5.74, 6) is 0.648. The Balaban J connectivity index is 2.06. The van der Waals surface area contributed by atoms with Crippen molar-refractivity contribution >= 4 is 46.0 Å². The molecule has 0 fully saturated rings. The summed E-state index contributed by atoms with van der Waals surface area (Å²) in [6, 6.07) is 5.31. The van der Waals surface area contributed by atoms with Crippen LogP contribution in [0, 0.1) is 0 Å². The van der Waals surface area contributed by atoms with Crippen molar-refractivity contribution in [3.8, 4) is 0 Å². The number of nitrogens with one attached hydrogen (secondary N) is 1. The van der Waals surface area contributed by atoms with Crippen molar-refractivity contribution in [2.75, 3.05) is 5.75 Å². The van der Waals surface area contributed by atoms with Crippen LogP contribution in [-0.4, -0.2) is 36.9 Å². The predicted octanol–water partition coefficient (Wildman–Crippen LogP) is 3.11. The minimum Gasteiger partial charge on any atom is -0.353 e. The standard InChI is InChI=1S/C18H22ClN5O2S/c1-4-8-23-16(26)13-9-12(19)6-7-14(13)24-17(23)21-22-18(24)27-10-15(25)20-11(3)5-2/h6-7,9,11H,4-5,8,10H2,1-3H3,(H,20,25)/t11-/m1/s1. The lowest BCUT2D eigenvalue weighted by molar-refractivity contribution is -0.119. The van der Waals surface area contributed by atoms with Gasteiger partial charge in [0.2, 0.25) is 11.7 Å². The summed E-state index contributed by atoms with van der Waals surface area (Å²) < 4.78 is 3.43. The number of rotatable bonds is 7. The number of carbonyl (C=O) groups excluding carboxylic acids is 1. The molecular formula is C18H22ClN5O2S. The van der Waals surface area contributed by atoms with E-state index in [2.05, 4.69) is 15.5 Å². The average molecular weight is 408 g/mol. The maximum Gasteiger partial charge on any atom is 0.262 e. The third-order valence-electron chi connectivity index (χ3n) is 4.33. The number of hydrogen-bond acceptors (Lipinski definition) is 5. The Morgan fingerprint density at radius 1 is 1.33 bits per heavy atom. The normalized spacial score (nSPS) is 12.6. The molecule has 0 aliphatic heterocycles. The molecule has 0 spiro atoms. The summed E-state index contributed by atoms with van der Waals surface area (Å²) in [7, 11) is 0. The molecule has 144 valence electrons. The highest BCUT2D eigenvalue weighted by molar-refractivity contribution is 7.99. The predicted molar refractivity (Wildman–Crippen MR) is 109 cm³/mol. The first-order chi connectivity index (χ1) is 13.0. The van der Waals surface area contributed by atoms with Gasteiger partial charge in [-0.3, -0.25) is 18.6 Å². The van der Waals surface area contributed by atoms with Crippen LogP contribution in [0.1, 0.15) is 33.6 Å². The fourth-order valence-corrected chi connectivity index (χ4v) is 3.75. The maximum atomic E-state index is 12.9. The van der Waals surface area contributed by atoms with Crippen LogP contribution in [0.15, 0.2) is 28.2 Å². The van der Waals surface area contributed by atoms with Gasteiger partial charge in [0.1, 0.15) is 0 Å². The van der Waals surface area contributed by atoms with E-state index in [0.29, 0.717) is 33.4 Å². The molecule has 0 unspecified atom stereocenters. The first-order valence-electron chi connectivity index (χ1n) is 8.95. The number of hydrogen-bond donors (Lipinski definition) is 1. The van der Waals surface area contributed by atoms with Gasteiger partial charge >= 0.3 is 0 Å². The van der Waals surface area contributed by atoms with Gasteiger partial charge in [0.25, 0.3) is 5.56 Å². The van der Waals surface area contributed by atoms with Crippen LogP contribution in [0.2, 0.25) is 5.02 Å². The zero-order valence-corrected chi connectivity index (χ0v) is 17.1. The number of aromatic nitrogens is 4. The number of amides is 1. The molecule has 0 saturated carbocycles. The Morgan fingerprint density at radius 3 is 2.81 bits per heavy atom. The topological polar surface area (TPSA) is 81.3 Å². The number of benzene rings is 1. The number of halogens is 1. The Bertz CT molecular complexity index is 1050. The van der Waals surface area contributed by atoms with Crippen molar-refractivity contribution in [1.82, 2.24) is 24.5 Å². The van der Waals surface area contributed by atoms with E-state index < -0.39 is 0 Å². The molecule has 9 heteroatoms. The molecule has 0 aliphatic carbocycles. The van der Waals surface area contributed by atoms with E-state index in [1.807, 2.05) is 25.2 Å². The Labute approximate surface area is 166 Å². The summed E-state index contributed by atoms with van der Waals surface area (Å²) in [6.45, 7) is 6.52. The van der Waals surface area contributed by atoms with Gasteiger partial charge in [0, 0.05) is 17.6 Å². The van der Waals surface area contributed by atoms with Gasteiger partial charge in [0.15, 0.2) is 5.16 Å². The van der Waals surface area contributed by atoms with Crippen LogP contribution < -0.4 is 10.9 Å². The summed E-state index contributed by atoms with van der Waals surface area (Å²) in [5, 5.41) is 13.0. The highest BCUT2D eigenvalue weighted by atomic mass is 35.5. The third kappa shape index (κ3) is 3.96. The van der Waals surface area contributed by atoms with E-state index >= 15 is 0 Å². The van der Waals surface area contributed by atoms with Crippen molar-refractivity contribution in [1.29, 1.82) is 0 Å². The lowest BCUT2D eigenvalue weighted by Crippen LogP contribution is -2.33. The minimum absolute atomic E-state index is 0.0553. The molecule has 2 heterocycles. The van der Waals surface area contributed by atoms with Crippen LogP contribution in [0.5, 0.6) is 0 Å². The molecule has 3 aromatic rings. The van der Waals surface area contributed by atoms with Gasteiger partial charge in [0.05, 0.1) is 16.7 Å². The van der Waals surface area contributed by atoms with Crippen molar-refractivity contribution in [2.24, 2.45) is 0 Å². The number of carbonyl (C=O) groups is 1. The Kier molecular flexibility index (Phi) is 6.06. The van der Waals surface area contributed by atoms with Gasteiger partial charge in [-0.1, -0.05) is 37.2 Å². The molecule has 0 radical (unpaired) electrons. The highest BCUT2D eigenvalue weighted by Crippen LogP contribution is 2.23. The summed E-state index contributed by atoms with van der Waals surface area (Å²) in [5.41, 5.74) is 0.543. The van der Waals surface area contributed by atoms with Crippen LogP contribution in [0.4, 0.5) is 0 Å². The van der Waals surface area contributed by atoms with E-state index in [-0.39, 0.29) is 23.3 Å². The van der Waals surface area contributed by atoms with E-state index in [9.17, 15) is 9.59 Å². The van der Waals surface area contributed by atoms with Crippen molar-refractivity contribution in [3.63, 3.8) is 0 Å². The molecule has 1 amide bonds. The average Bonchev–Trinajstić information content (AvgIpc) is 3.07. The van der Waals surface area contributed by atoms with Gasteiger partial charge < -0.3 is 5.32 Å². The molecule has 0 bridgehead atoms. The minimum atomic E-state index is -0.139. The first kappa shape index (κ1) is 19.7. The van der Waals surface area contributed by atoms with E-state index in [4.69, 9.17) is 11.6 Å². The smallest absolute Gasteiger partial charge is 0.262 e. The lowest BCUT2D eigenvalue weighted by atomic mass is 10.2. The summed E-state index contributed by atoms with van der Waals surface area (Å²) >= 11 is 7.40. The molecule has 1 atom stereocenters. The SMILES string of the molecule is CCCn1c(=O)c2cc(Cl)ccc2n2c(SCC(=O)N[C@H](C)CC)nnc12. The van der Waals surface area contributed by atoms with E-state index in [0.717, 1.165) is 12.8 Å². The molecule has 0 aliphatic rings. The second kappa shape index (κ2) is 8.31. The molecule has 3 rings (SSSR count). The molecule has 2 aromatic heterocycles. The fourth-order valence-electron chi connectivity index (χ4n) is 2.83. The first-order valence-corrected chi connectivity index (χ1v) is 10.3. The van der Waals surface area contributed by atoms with E-state index in [1.54, 1.807) is 22.8 Å². The van der Waals surface area contributed by atoms with Crippen molar-refractivity contribution in [2.45, 2.75) is 51.4 Å². The van der Waals surface area contributed by atoms with Crippen molar-refractivity contribution < 1.29 is 4.79 Å². The maximum absolute atomic E-state index is 12.9. The van der Waals surface area contributed by atoms with Gasteiger partial charge in [-0.25, -0.2) is 0 Å². The Hall–Kier alpha value is -2.06. The third-order valence-corrected chi connectivity index (χ3v) is 5.50. The fraction of sp³-hybridized carbons (Fsp3) is 0.444. The van der Waals surface area contributed by atoms with Crippen LogP contribution in [0.3, 0.4) is 0 Å². The molecular weight excluding hydrogens is 386 g/mol. The monoisotopic (exact) mass is 407 g/mol. The van der Waals surface area contributed by atoms with Gasteiger partial charge in [-0.2, -0.15) is 0 Å². The van der Waals surface area contributed by atoms with Gasteiger partial charge in [-0.15, -0.1) is 10.2 Å². The van der Waals surface area contributed by atoms with E-state index in [1.165, 1.54) is 11.8 Å². The number of aryl methyl sites for hydroxylation is 1. The zero-order chi connectivity index (χ0) is 19.6. The molecule has 27 heavy (non-hydrogen) atoms. The number of fused-ring (bicyclic) bond motifs is 3. The summed E-state index contributed by atoms with van der Waals surface area (Å²) in [4.78, 5) is 25.0. The van der Waals surface area contributed by atoms with Crippen molar-refractivity contribution in [3.05, 3.63) is 33.6 Å². The molecule has 7 nitrogen and oxygen atoms in total. The Morgan fingerprint density at radius 2 is 2.11 bits per heavy atom. The molecule has 0 saturated heterocycles. The zero-order valence-electron chi connectivity index (χ0n) is 15.5. The quantitative estimate of drug-likeness (QED) is 0.608. The highest BCUT2D eigenvalue weighted by Gasteiger charge is 2.18. The second-order valence-corrected chi connectivity index (χ2v) is 7.78.